The van der Waals surface area contributed by atoms with E-state index in [0.717, 1.165) is 57.8 Å². The number of hydrogen-bond acceptors (Lipinski definition) is 13. The Morgan fingerprint density at radius 1 is 0.275 bits per heavy atom. The van der Waals surface area contributed by atoms with Crippen molar-refractivity contribution in [3.05, 3.63) is 0 Å². The van der Waals surface area contributed by atoms with Crippen molar-refractivity contribution in [2.75, 3.05) is 46.2 Å². The Bertz CT molecular complexity index is 1110. The van der Waals surface area contributed by atoms with Crippen molar-refractivity contribution in [1.82, 2.24) is 0 Å². The summed E-state index contributed by atoms with van der Waals surface area (Å²) < 4.78 is 32.7. The molecule has 0 unspecified atom stereocenters. The van der Waals surface area contributed by atoms with Gasteiger partial charge in [0.05, 0.1) is 31.8 Å². The van der Waals surface area contributed by atoms with Gasteiger partial charge in [-0.3, -0.25) is 28.8 Å². The quantitative estimate of drug-likeness (QED) is 0.0346. The fraction of sp³-hybridized carbons (Fsp3) is 0.893. The monoisotopic (exact) mass is 983 g/mol. The van der Waals surface area contributed by atoms with Gasteiger partial charge in [-0.25, -0.2) is 0 Å². The highest BCUT2D eigenvalue weighted by atomic mass is 16.6. The number of carbonyl (C=O) groups excluding carboxylic acids is 6. The first-order valence-corrected chi connectivity index (χ1v) is 28.2. The summed E-state index contributed by atoms with van der Waals surface area (Å²) in [5.41, 5.74) is -1.38. The van der Waals surface area contributed by atoms with Crippen LogP contribution in [-0.2, 0) is 57.2 Å². The van der Waals surface area contributed by atoms with Crippen LogP contribution in [0.5, 0.6) is 0 Å². The smallest absolute Gasteiger partial charge is 0.305 e. The maximum atomic E-state index is 12.8. The van der Waals surface area contributed by atoms with Gasteiger partial charge in [0.25, 0.3) is 0 Å². The first-order valence-electron chi connectivity index (χ1n) is 28.2. The molecule has 0 bridgehead atoms. The summed E-state index contributed by atoms with van der Waals surface area (Å²) in [6.45, 7) is 6.35. The molecule has 0 rings (SSSR count). The lowest BCUT2D eigenvalue weighted by Gasteiger charge is -2.30. The normalized spacial score (nSPS) is 11.3. The van der Waals surface area contributed by atoms with E-state index in [1.54, 1.807) is 0 Å². The minimum Gasteiger partial charge on any atom is -0.466 e. The van der Waals surface area contributed by atoms with Crippen LogP contribution in [0.4, 0.5) is 0 Å². The molecule has 13 nitrogen and oxygen atoms in total. The Labute approximate surface area is 419 Å². The highest BCUT2D eigenvalue weighted by Crippen LogP contribution is 2.22. The van der Waals surface area contributed by atoms with E-state index in [2.05, 4.69) is 20.8 Å². The summed E-state index contributed by atoms with van der Waals surface area (Å²) in [5.74, 6) is -2.25. The van der Waals surface area contributed by atoms with E-state index in [9.17, 15) is 33.9 Å². The average Bonchev–Trinajstić information content (AvgIpc) is 3.34. The van der Waals surface area contributed by atoms with Crippen LogP contribution in [0.15, 0.2) is 0 Å². The average molecular weight is 983 g/mol. The second-order valence-corrected chi connectivity index (χ2v) is 19.4. The summed E-state index contributed by atoms with van der Waals surface area (Å²) in [6, 6.07) is 0. The van der Waals surface area contributed by atoms with Crippen LogP contribution in [0.2, 0.25) is 0 Å². The number of ether oxygens (including phenoxy) is 6. The molecule has 0 aliphatic rings. The standard InChI is InChI=1S/C56H102O13/c1-4-7-10-13-16-19-22-34-43-64-50(58)37-28-25-31-40-53(61)67-47-56(46-57,48-68-54(62)41-32-26-29-38-51(59)65-44-35-23-20-17-14-11-8-5-2)49-69-55(63)42-33-27-30-39-52(60)66-45-36-24-21-18-15-12-9-6-3/h57H,4-49H2,1-3H3. The third kappa shape index (κ3) is 45.7. The summed E-state index contributed by atoms with van der Waals surface area (Å²) in [4.78, 5) is 74.8. The van der Waals surface area contributed by atoms with Crippen molar-refractivity contribution in [2.24, 2.45) is 5.41 Å². The Balaban J connectivity index is 4.74. The number of carbonyl (C=O) groups is 6. The fourth-order valence-corrected chi connectivity index (χ4v) is 7.81. The molecule has 0 amide bonds. The number of esters is 6. The first kappa shape index (κ1) is 65.8. The van der Waals surface area contributed by atoms with Crippen LogP contribution in [0.3, 0.4) is 0 Å². The van der Waals surface area contributed by atoms with E-state index >= 15 is 0 Å². The van der Waals surface area contributed by atoms with Crippen molar-refractivity contribution in [3.63, 3.8) is 0 Å². The zero-order valence-corrected chi connectivity index (χ0v) is 44.4. The predicted octanol–water partition coefficient (Wildman–Crippen LogP) is 13.5. The number of unbranched alkanes of at least 4 members (excludes halogenated alkanes) is 27. The van der Waals surface area contributed by atoms with Gasteiger partial charge in [0.1, 0.15) is 19.8 Å². The molecule has 0 aromatic heterocycles. The highest BCUT2D eigenvalue weighted by Gasteiger charge is 2.35. The molecule has 0 spiro atoms. The zero-order chi connectivity index (χ0) is 50.7. The lowest BCUT2D eigenvalue weighted by molar-refractivity contribution is -0.165. The first-order chi connectivity index (χ1) is 33.6. The Morgan fingerprint density at radius 2 is 0.464 bits per heavy atom. The largest absolute Gasteiger partial charge is 0.466 e. The van der Waals surface area contributed by atoms with Gasteiger partial charge in [0.2, 0.25) is 0 Å². The molecule has 0 radical (unpaired) electrons. The molecular weight excluding hydrogens is 881 g/mol. The van der Waals surface area contributed by atoms with Crippen LogP contribution in [0.25, 0.3) is 0 Å². The Hall–Kier alpha value is -3.22. The van der Waals surface area contributed by atoms with Gasteiger partial charge >= 0.3 is 35.8 Å². The maximum absolute atomic E-state index is 12.8. The van der Waals surface area contributed by atoms with Crippen molar-refractivity contribution in [3.8, 4) is 0 Å². The van der Waals surface area contributed by atoms with Gasteiger partial charge in [-0.05, 0) is 57.8 Å². The van der Waals surface area contributed by atoms with Gasteiger partial charge in [-0.1, -0.05) is 175 Å². The molecule has 0 atom stereocenters. The summed E-state index contributed by atoms with van der Waals surface area (Å²) >= 11 is 0. The van der Waals surface area contributed by atoms with Crippen molar-refractivity contribution in [1.29, 1.82) is 0 Å². The van der Waals surface area contributed by atoms with Gasteiger partial charge < -0.3 is 33.5 Å². The predicted molar refractivity (Wildman–Crippen MR) is 272 cm³/mol. The summed E-state index contributed by atoms with van der Waals surface area (Å²) in [6.07, 6.45) is 34.4. The fourth-order valence-electron chi connectivity index (χ4n) is 7.81. The minimum atomic E-state index is -1.38. The van der Waals surface area contributed by atoms with E-state index in [4.69, 9.17) is 28.4 Å². The molecule has 1 N–H and O–H groups in total. The molecule has 13 heteroatoms. The molecule has 0 aliphatic carbocycles. The van der Waals surface area contributed by atoms with Gasteiger partial charge in [0.15, 0.2) is 0 Å². The zero-order valence-electron chi connectivity index (χ0n) is 44.4. The summed E-state index contributed by atoms with van der Waals surface area (Å²) in [5, 5.41) is 10.5. The van der Waals surface area contributed by atoms with Crippen LogP contribution >= 0.6 is 0 Å². The molecule has 0 saturated carbocycles. The number of hydrogen-bond donors (Lipinski definition) is 1. The lowest BCUT2D eigenvalue weighted by Crippen LogP contribution is -2.42. The molecule has 0 saturated heterocycles. The molecule has 0 aromatic carbocycles. The van der Waals surface area contributed by atoms with Gasteiger partial charge in [-0.15, -0.1) is 0 Å². The lowest BCUT2D eigenvalue weighted by atomic mass is 9.92. The van der Waals surface area contributed by atoms with E-state index in [0.29, 0.717) is 77.6 Å². The van der Waals surface area contributed by atoms with E-state index in [1.165, 1.54) is 96.3 Å². The minimum absolute atomic E-state index is 0.0911. The Kier molecular flexibility index (Phi) is 47.4. The van der Waals surface area contributed by atoms with Crippen LogP contribution in [-0.4, -0.2) is 87.2 Å². The Morgan fingerprint density at radius 3 is 0.681 bits per heavy atom. The van der Waals surface area contributed by atoms with Crippen LogP contribution < -0.4 is 0 Å². The van der Waals surface area contributed by atoms with E-state index < -0.39 is 29.9 Å². The molecule has 69 heavy (non-hydrogen) atoms. The third-order valence-corrected chi connectivity index (χ3v) is 12.5. The highest BCUT2D eigenvalue weighted by molar-refractivity contribution is 5.71. The SMILES string of the molecule is CCCCCCCCCCOC(=O)CCCCCC(=O)OCC(CO)(COC(=O)CCCCCC(=O)OCCCCCCCCCC)COC(=O)CCCCCC(=O)OCCCCCCCCCC. The molecule has 0 fully saturated rings. The maximum Gasteiger partial charge on any atom is 0.305 e. The second kappa shape index (κ2) is 49.7. The summed E-state index contributed by atoms with van der Waals surface area (Å²) in [7, 11) is 0. The molecule has 0 heterocycles. The van der Waals surface area contributed by atoms with Gasteiger partial charge in [0, 0.05) is 38.5 Å². The molecule has 0 aromatic rings. The third-order valence-electron chi connectivity index (χ3n) is 12.5. The van der Waals surface area contributed by atoms with Crippen LogP contribution in [0, 0.1) is 5.41 Å². The topological polar surface area (TPSA) is 178 Å². The molecular formula is C56H102O13. The number of aliphatic hydroxyl groups is 1. The second-order valence-electron chi connectivity index (χ2n) is 19.4. The van der Waals surface area contributed by atoms with E-state index in [1.807, 2.05) is 0 Å². The molecule has 0 aliphatic heterocycles. The van der Waals surface area contributed by atoms with Crippen molar-refractivity contribution >= 4 is 35.8 Å². The van der Waals surface area contributed by atoms with Crippen molar-refractivity contribution in [2.45, 2.75) is 271 Å². The number of aliphatic hydroxyl groups excluding tert-OH is 1. The molecule has 404 valence electrons. The van der Waals surface area contributed by atoms with Crippen molar-refractivity contribution < 1.29 is 62.3 Å². The van der Waals surface area contributed by atoms with Crippen LogP contribution in [0.1, 0.15) is 271 Å². The van der Waals surface area contributed by atoms with Gasteiger partial charge in [-0.2, -0.15) is 0 Å². The number of rotatable bonds is 52. The van der Waals surface area contributed by atoms with E-state index in [-0.39, 0.29) is 76.3 Å².